The molecule has 1 heterocycles. The molecule has 0 aliphatic rings. The molecule has 1 unspecified atom stereocenters. The molecule has 0 bridgehead atoms. The van der Waals surface area contributed by atoms with Gasteiger partial charge in [-0.25, -0.2) is 0 Å². The van der Waals surface area contributed by atoms with E-state index in [1.165, 1.54) is 0 Å². The van der Waals surface area contributed by atoms with Crippen LogP contribution in [0.25, 0.3) is 11.0 Å². The monoisotopic (exact) mass is 287 g/mol. The number of benzene rings is 2. The maximum Gasteiger partial charge on any atom is 0.135 e. The van der Waals surface area contributed by atoms with Gasteiger partial charge in [0, 0.05) is 5.39 Å². The first-order chi connectivity index (χ1) is 9.69. The van der Waals surface area contributed by atoms with Crippen molar-refractivity contribution >= 4 is 22.6 Å². The van der Waals surface area contributed by atoms with E-state index in [0.29, 0.717) is 10.8 Å². The van der Waals surface area contributed by atoms with Crippen molar-refractivity contribution in [1.82, 2.24) is 0 Å². The van der Waals surface area contributed by atoms with E-state index in [4.69, 9.17) is 26.5 Å². The number of halogens is 1. The van der Waals surface area contributed by atoms with Crippen LogP contribution in [0.1, 0.15) is 17.4 Å². The SMILES string of the molecule is COc1cccc(C(N)c2cc3c(Cl)cccc3o2)c1. The lowest BCUT2D eigenvalue weighted by atomic mass is 10.0. The van der Waals surface area contributed by atoms with Gasteiger partial charge in [-0.2, -0.15) is 0 Å². The van der Waals surface area contributed by atoms with Gasteiger partial charge < -0.3 is 14.9 Å². The van der Waals surface area contributed by atoms with Gasteiger partial charge in [0.2, 0.25) is 0 Å². The van der Waals surface area contributed by atoms with Gasteiger partial charge in [-0.15, -0.1) is 0 Å². The fourth-order valence-corrected chi connectivity index (χ4v) is 2.42. The molecule has 1 atom stereocenters. The summed E-state index contributed by atoms with van der Waals surface area (Å²) in [6, 6.07) is 14.7. The zero-order valence-electron chi connectivity index (χ0n) is 11.0. The molecular weight excluding hydrogens is 274 g/mol. The van der Waals surface area contributed by atoms with Crippen LogP contribution in [0.15, 0.2) is 52.9 Å². The number of methoxy groups -OCH3 is 1. The third kappa shape index (κ3) is 2.26. The minimum absolute atomic E-state index is 0.353. The summed E-state index contributed by atoms with van der Waals surface area (Å²) in [6.45, 7) is 0. The molecule has 0 aliphatic heterocycles. The van der Waals surface area contributed by atoms with Crippen molar-refractivity contribution < 1.29 is 9.15 Å². The van der Waals surface area contributed by atoms with Crippen LogP contribution in [0, 0.1) is 0 Å². The highest BCUT2D eigenvalue weighted by Crippen LogP contribution is 2.31. The summed E-state index contributed by atoms with van der Waals surface area (Å²) in [7, 11) is 1.63. The predicted molar refractivity (Wildman–Crippen MR) is 80.2 cm³/mol. The number of hydrogen-bond acceptors (Lipinski definition) is 3. The summed E-state index contributed by atoms with van der Waals surface area (Å²) in [5.74, 6) is 1.45. The second-order valence-corrected chi connectivity index (χ2v) is 4.96. The van der Waals surface area contributed by atoms with Crippen LogP contribution < -0.4 is 10.5 Å². The van der Waals surface area contributed by atoms with Crippen molar-refractivity contribution in [1.29, 1.82) is 0 Å². The lowest BCUT2D eigenvalue weighted by molar-refractivity contribution is 0.413. The van der Waals surface area contributed by atoms with E-state index < -0.39 is 0 Å². The Morgan fingerprint density at radius 2 is 1.95 bits per heavy atom. The average molecular weight is 288 g/mol. The van der Waals surface area contributed by atoms with Crippen molar-refractivity contribution in [2.24, 2.45) is 5.73 Å². The van der Waals surface area contributed by atoms with Gasteiger partial charge in [-0.3, -0.25) is 0 Å². The standard InChI is InChI=1S/C16H14ClNO2/c1-19-11-5-2-4-10(8-11)16(18)15-9-12-13(17)6-3-7-14(12)20-15/h2-9,16H,18H2,1H3. The molecule has 3 aromatic rings. The summed E-state index contributed by atoms with van der Waals surface area (Å²) in [6.07, 6.45) is 0. The van der Waals surface area contributed by atoms with Crippen LogP contribution in [0.3, 0.4) is 0 Å². The van der Waals surface area contributed by atoms with E-state index in [1.54, 1.807) is 7.11 Å². The fourth-order valence-electron chi connectivity index (χ4n) is 2.20. The van der Waals surface area contributed by atoms with Crippen molar-refractivity contribution in [2.45, 2.75) is 6.04 Å². The largest absolute Gasteiger partial charge is 0.497 e. The number of rotatable bonds is 3. The van der Waals surface area contributed by atoms with Gasteiger partial charge in [0.05, 0.1) is 18.2 Å². The van der Waals surface area contributed by atoms with Crippen LogP contribution in [0.2, 0.25) is 5.02 Å². The highest BCUT2D eigenvalue weighted by molar-refractivity contribution is 6.35. The normalized spacial score (nSPS) is 12.6. The molecule has 2 N–H and O–H groups in total. The minimum atomic E-state index is -0.353. The van der Waals surface area contributed by atoms with Gasteiger partial charge in [-0.05, 0) is 35.9 Å². The molecule has 2 aromatic carbocycles. The van der Waals surface area contributed by atoms with Crippen LogP contribution in [0.5, 0.6) is 5.75 Å². The van der Waals surface area contributed by atoms with Gasteiger partial charge >= 0.3 is 0 Å². The molecule has 1 aromatic heterocycles. The molecule has 0 fully saturated rings. The summed E-state index contributed by atoms with van der Waals surface area (Å²) in [4.78, 5) is 0. The van der Waals surface area contributed by atoms with Gasteiger partial charge in [0.25, 0.3) is 0 Å². The van der Waals surface area contributed by atoms with Gasteiger partial charge in [0.15, 0.2) is 0 Å². The molecule has 102 valence electrons. The Balaban J connectivity index is 2.03. The highest BCUT2D eigenvalue weighted by Gasteiger charge is 2.15. The number of nitrogens with two attached hydrogens (primary N) is 1. The highest BCUT2D eigenvalue weighted by atomic mass is 35.5. The summed E-state index contributed by atoms with van der Waals surface area (Å²) < 4.78 is 11.0. The molecule has 0 radical (unpaired) electrons. The first kappa shape index (κ1) is 13.0. The maximum absolute atomic E-state index is 6.26. The molecule has 20 heavy (non-hydrogen) atoms. The third-order valence-corrected chi connectivity index (χ3v) is 3.62. The topological polar surface area (TPSA) is 48.4 Å². The third-order valence-electron chi connectivity index (χ3n) is 3.29. The zero-order chi connectivity index (χ0) is 14.1. The summed E-state index contributed by atoms with van der Waals surface area (Å²) in [5, 5.41) is 1.54. The van der Waals surface area contributed by atoms with E-state index in [9.17, 15) is 0 Å². The molecule has 3 rings (SSSR count). The summed E-state index contributed by atoms with van der Waals surface area (Å²) >= 11 is 6.15. The Morgan fingerprint density at radius 3 is 2.70 bits per heavy atom. The van der Waals surface area contributed by atoms with Crippen LogP contribution >= 0.6 is 11.6 Å². The van der Waals surface area contributed by atoms with Crippen molar-refractivity contribution in [3.05, 3.63) is 64.9 Å². The zero-order valence-corrected chi connectivity index (χ0v) is 11.7. The Labute approximate surface area is 121 Å². The quantitative estimate of drug-likeness (QED) is 0.787. The van der Waals surface area contributed by atoms with Crippen molar-refractivity contribution in [3.63, 3.8) is 0 Å². The van der Waals surface area contributed by atoms with E-state index in [0.717, 1.165) is 22.3 Å². The Hall–Kier alpha value is -1.97. The number of fused-ring (bicyclic) bond motifs is 1. The van der Waals surface area contributed by atoms with Crippen molar-refractivity contribution in [2.75, 3.05) is 7.11 Å². The number of furan rings is 1. The van der Waals surface area contributed by atoms with Crippen LogP contribution in [-0.4, -0.2) is 7.11 Å². The van der Waals surface area contributed by atoms with E-state index in [2.05, 4.69) is 0 Å². The lowest BCUT2D eigenvalue weighted by Gasteiger charge is -2.10. The van der Waals surface area contributed by atoms with E-state index in [1.807, 2.05) is 48.5 Å². The molecule has 0 spiro atoms. The fraction of sp³-hybridized carbons (Fsp3) is 0.125. The molecule has 3 nitrogen and oxygen atoms in total. The maximum atomic E-state index is 6.26. The molecule has 0 saturated carbocycles. The van der Waals surface area contributed by atoms with E-state index >= 15 is 0 Å². The smallest absolute Gasteiger partial charge is 0.135 e. The summed E-state index contributed by atoms with van der Waals surface area (Å²) in [5.41, 5.74) is 7.93. The Kier molecular flexibility index (Phi) is 3.38. The lowest BCUT2D eigenvalue weighted by Crippen LogP contribution is -2.10. The van der Waals surface area contributed by atoms with Gasteiger partial charge in [-0.1, -0.05) is 29.8 Å². The number of hydrogen-bond donors (Lipinski definition) is 1. The minimum Gasteiger partial charge on any atom is -0.497 e. The molecule has 0 saturated heterocycles. The first-order valence-electron chi connectivity index (χ1n) is 6.26. The Bertz CT molecular complexity index is 751. The Morgan fingerprint density at radius 1 is 1.15 bits per heavy atom. The predicted octanol–water partition coefficient (Wildman–Crippen LogP) is 4.14. The molecule has 0 aliphatic carbocycles. The van der Waals surface area contributed by atoms with Crippen LogP contribution in [0.4, 0.5) is 0 Å². The molecule has 0 amide bonds. The first-order valence-corrected chi connectivity index (χ1v) is 6.64. The molecule has 4 heteroatoms. The number of ether oxygens (including phenoxy) is 1. The van der Waals surface area contributed by atoms with Crippen molar-refractivity contribution in [3.8, 4) is 5.75 Å². The van der Waals surface area contributed by atoms with Gasteiger partial charge in [0.1, 0.15) is 17.1 Å². The van der Waals surface area contributed by atoms with E-state index in [-0.39, 0.29) is 6.04 Å². The second kappa shape index (κ2) is 5.19. The molecular formula is C16H14ClNO2. The second-order valence-electron chi connectivity index (χ2n) is 4.55. The van der Waals surface area contributed by atoms with Crippen LogP contribution in [-0.2, 0) is 0 Å². The average Bonchev–Trinajstić information content (AvgIpc) is 2.92.